The van der Waals surface area contributed by atoms with Crippen LogP contribution in [0.4, 0.5) is 20.5 Å². The summed E-state index contributed by atoms with van der Waals surface area (Å²) in [6.07, 6.45) is 10.4. The van der Waals surface area contributed by atoms with Crippen LogP contribution in [0.1, 0.15) is 63.4 Å². The zero-order valence-corrected chi connectivity index (χ0v) is 22.1. The third-order valence-corrected chi connectivity index (χ3v) is 9.96. The Morgan fingerprint density at radius 3 is 2.51 bits per heavy atom. The summed E-state index contributed by atoms with van der Waals surface area (Å²) in [5.41, 5.74) is 1.15. The zero-order chi connectivity index (χ0) is 25.4. The number of aromatic nitrogens is 2. The van der Waals surface area contributed by atoms with E-state index >= 15 is 0 Å². The van der Waals surface area contributed by atoms with E-state index in [1.807, 2.05) is 24.3 Å². The molecule has 37 heavy (non-hydrogen) atoms. The van der Waals surface area contributed by atoms with Gasteiger partial charge in [0.15, 0.2) is 11.6 Å². The number of benzene rings is 1. The topological polar surface area (TPSA) is 61.9 Å². The van der Waals surface area contributed by atoms with E-state index in [2.05, 4.69) is 25.9 Å². The smallest absolute Gasteiger partial charge is 0.225 e. The molecule has 1 heterocycles. The third kappa shape index (κ3) is 5.58. The van der Waals surface area contributed by atoms with Crippen LogP contribution in [0.15, 0.2) is 30.5 Å². The number of rotatable bonds is 9. The van der Waals surface area contributed by atoms with Crippen molar-refractivity contribution in [2.45, 2.75) is 76.5 Å². The van der Waals surface area contributed by atoms with Crippen LogP contribution in [0.3, 0.4) is 0 Å². The fourth-order valence-corrected chi connectivity index (χ4v) is 8.24. The third-order valence-electron chi connectivity index (χ3n) is 9.59. The molecular weight excluding hydrogens is 492 g/mol. The van der Waals surface area contributed by atoms with E-state index in [1.54, 1.807) is 0 Å². The van der Waals surface area contributed by atoms with Crippen LogP contribution in [0.25, 0.3) is 0 Å². The second-order valence-electron chi connectivity index (χ2n) is 12.2. The summed E-state index contributed by atoms with van der Waals surface area (Å²) in [5.74, 6) is 3.02. The number of hydrogen-bond acceptors (Lipinski definition) is 5. The van der Waals surface area contributed by atoms with Crippen molar-refractivity contribution >= 4 is 23.4 Å². The van der Waals surface area contributed by atoms with Gasteiger partial charge in [0.05, 0.1) is 6.20 Å². The van der Waals surface area contributed by atoms with Gasteiger partial charge in [-0.2, -0.15) is 4.98 Å². The molecule has 5 aliphatic rings. The monoisotopic (exact) mass is 529 g/mol. The second kappa shape index (κ2) is 10.6. The minimum atomic E-state index is -0.585. The van der Waals surface area contributed by atoms with Crippen molar-refractivity contribution in [3.8, 4) is 0 Å². The van der Waals surface area contributed by atoms with Gasteiger partial charge in [-0.1, -0.05) is 29.8 Å². The summed E-state index contributed by atoms with van der Waals surface area (Å²) >= 11 is 6.25. The zero-order valence-electron chi connectivity index (χ0n) is 21.4. The number of alkyl halides is 1. The van der Waals surface area contributed by atoms with E-state index in [4.69, 9.17) is 11.6 Å². The maximum atomic E-state index is 14.6. The average Bonchev–Trinajstić information content (AvgIpc) is 2.88. The SMILES string of the molecule is Fc1cnc(NCc2ccccc2Cl)nc1NCC12CC3C[C@H](C1)C(NCC1CCC(F)CC1)[C@@H](C3)C2. The molecule has 3 N–H and O–H groups in total. The lowest BCUT2D eigenvalue weighted by atomic mass is 9.48. The molecule has 1 aromatic carbocycles. The molecule has 5 nitrogen and oxygen atoms in total. The average molecular weight is 530 g/mol. The number of hydrogen-bond donors (Lipinski definition) is 3. The van der Waals surface area contributed by atoms with Crippen LogP contribution >= 0.6 is 11.6 Å². The number of nitrogens with zero attached hydrogens (tertiary/aromatic N) is 2. The van der Waals surface area contributed by atoms with E-state index in [9.17, 15) is 8.78 Å². The first kappa shape index (κ1) is 25.3. The summed E-state index contributed by atoms with van der Waals surface area (Å²) in [6, 6.07) is 8.21. The van der Waals surface area contributed by atoms with Crippen molar-refractivity contribution in [3.05, 3.63) is 46.9 Å². The lowest BCUT2D eigenvalue weighted by molar-refractivity contribution is -0.0703. The molecule has 5 atom stereocenters. The molecule has 5 saturated carbocycles. The Morgan fingerprint density at radius 2 is 1.76 bits per heavy atom. The Hall–Kier alpha value is -1.99. The van der Waals surface area contributed by atoms with Crippen molar-refractivity contribution in [3.63, 3.8) is 0 Å². The fraction of sp³-hybridized carbons (Fsp3) is 0.655. The Morgan fingerprint density at radius 1 is 1.00 bits per heavy atom. The van der Waals surface area contributed by atoms with Crippen LogP contribution in [-0.4, -0.2) is 35.3 Å². The Balaban J connectivity index is 1.06. The van der Waals surface area contributed by atoms with Gasteiger partial charge in [-0.3, -0.25) is 0 Å². The van der Waals surface area contributed by atoms with Crippen LogP contribution in [0, 0.1) is 34.9 Å². The highest BCUT2D eigenvalue weighted by Crippen LogP contribution is 2.60. The van der Waals surface area contributed by atoms with Crippen molar-refractivity contribution in [1.29, 1.82) is 0 Å². The maximum absolute atomic E-state index is 14.6. The van der Waals surface area contributed by atoms with E-state index in [0.717, 1.165) is 50.3 Å². The molecule has 5 aliphatic carbocycles. The quantitative estimate of drug-likeness (QED) is 0.341. The van der Waals surface area contributed by atoms with Crippen LogP contribution < -0.4 is 16.0 Å². The lowest BCUT2D eigenvalue weighted by Crippen LogP contribution is -2.60. The molecule has 0 saturated heterocycles. The first-order chi connectivity index (χ1) is 18.0. The van der Waals surface area contributed by atoms with Gasteiger partial charge >= 0.3 is 0 Å². The van der Waals surface area contributed by atoms with Crippen molar-refractivity contribution < 1.29 is 8.78 Å². The summed E-state index contributed by atoms with van der Waals surface area (Å²) in [6.45, 7) is 2.27. The largest absolute Gasteiger partial charge is 0.367 e. The van der Waals surface area contributed by atoms with Gasteiger partial charge in [0.25, 0.3) is 0 Å². The summed E-state index contributed by atoms with van der Waals surface area (Å²) < 4.78 is 28.2. The molecule has 0 amide bonds. The van der Waals surface area contributed by atoms with Crippen molar-refractivity contribution in [2.24, 2.45) is 29.1 Å². The highest BCUT2D eigenvalue weighted by Gasteiger charge is 2.55. The molecule has 5 fully saturated rings. The Labute approximate surface area is 223 Å². The van der Waals surface area contributed by atoms with Gasteiger partial charge in [-0.05, 0) is 105 Å². The molecule has 0 spiro atoms. The van der Waals surface area contributed by atoms with Crippen LogP contribution in [-0.2, 0) is 6.54 Å². The molecule has 7 rings (SSSR count). The van der Waals surface area contributed by atoms with Gasteiger partial charge in [0.1, 0.15) is 6.17 Å². The summed E-state index contributed by atoms with van der Waals surface area (Å²) in [5, 5.41) is 11.2. The van der Waals surface area contributed by atoms with E-state index < -0.39 is 12.0 Å². The number of nitrogens with one attached hydrogen (secondary N) is 3. The van der Waals surface area contributed by atoms with E-state index in [1.165, 1.54) is 38.3 Å². The normalized spacial score (nSPS) is 34.5. The molecule has 8 heteroatoms. The van der Waals surface area contributed by atoms with Crippen molar-refractivity contribution in [2.75, 3.05) is 23.7 Å². The first-order valence-electron chi connectivity index (χ1n) is 14.1. The molecule has 0 radical (unpaired) electrons. The minimum Gasteiger partial charge on any atom is -0.367 e. The standard InChI is InChI=1S/C29H38ClF2N5/c30-24-4-2-1-3-20(24)15-34-28-35-16-25(32)27(37-28)36-17-29-11-19-9-21(12-29)26(22(10-19)13-29)33-14-18-5-7-23(31)8-6-18/h1-4,16,18-19,21-23,26,33H,5-15,17H2,(H2,34,35,36,37)/t18?,19?,21-,22+,23?,26?,29?. The highest BCUT2D eigenvalue weighted by atomic mass is 35.5. The van der Waals surface area contributed by atoms with Gasteiger partial charge in [-0.15, -0.1) is 0 Å². The van der Waals surface area contributed by atoms with Crippen molar-refractivity contribution in [1.82, 2.24) is 15.3 Å². The summed E-state index contributed by atoms with van der Waals surface area (Å²) in [7, 11) is 0. The first-order valence-corrected chi connectivity index (χ1v) is 14.5. The molecular formula is C29H38ClF2N5. The number of anilines is 2. The fourth-order valence-electron chi connectivity index (χ4n) is 8.03. The molecule has 200 valence electrons. The van der Waals surface area contributed by atoms with E-state index in [0.29, 0.717) is 41.3 Å². The van der Waals surface area contributed by atoms with Gasteiger partial charge < -0.3 is 16.0 Å². The molecule has 4 bridgehead atoms. The lowest BCUT2D eigenvalue weighted by Gasteiger charge is -2.60. The predicted octanol–water partition coefficient (Wildman–Crippen LogP) is 6.61. The van der Waals surface area contributed by atoms with Gasteiger partial charge in [0, 0.05) is 24.2 Å². The molecule has 0 aliphatic heterocycles. The molecule has 2 aromatic rings. The number of halogens is 3. The Kier molecular flexibility index (Phi) is 7.28. The van der Waals surface area contributed by atoms with Gasteiger partial charge in [0.2, 0.25) is 5.95 Å². The summed E-state index contributed by atoms with van der Waals surface area (Å²) in [4.78, 5) is 8.57. The molecule has 3 unspecified atom stereocenters. The van der Waals surface area contributed by atoms with Crippen LogP contribution in [0.5, 0.6) is 0 Å². The maximum Gasteiger partial charge on any atom is 0.225 e. The van der Waals surface area contributed by atoms with Gasteiger partial charge in [-0.25, -0.2) is 13.8 Å². The second-order valence-corrected chi connectivity index (χ2v) is 12.6. The minimum absolute atomic E-state index is 0.212. The predicted molar refractivity (Wildman–Crippen MR) is 144 cm³/mol. The molecule has 1 aromatic heterocycles. The van der Waals surface area contributed by atoms with Crippen LogP contribution in [0.2, 0.25) is 5.02 Å². The Bertz CT molecular complexity index is 1080. The highest BCUT2D eigenvalue weighted by molar-refractivity contribution is 6.31. The van der Waals surface area contributed by atoms with E-state index in [-0.39, 0.29) is 11.2 Å².